The number of esters is 1. The van der Waals surface area contributed by atoms with E-state index in [1.165, 1.54) is 7.11 Å². The molecule has 0 N–H and O–H groups in total. The van der Waals surface area contributed by atoms with Crippen LogP contribution in [0.15, 0.2) is 18.2 Å². The van der Waals surface area contributed by atoms with Gasteiger partial charge in [-0.2, -0.15) is 0 Å². The van der Waals surface area contributed by atoms with E-state index in [4.69, 9.17) is 21.1 Å². The van der Waals surface area contributed by atoms with Crippen molar-refractivity contribution in [3.63, 3.8) is 0 Å². The average Bonchev–Trinajstić information content (AvgIpc) is 2.49. The molecule has 1 aliphatic heterocycles. The number of carbonyl (C=O) groups excluding carboxylic acids is 1. The predicted octanol–water partition coefficient (Wildman–Crippen LogP) is 2.73. The lowest BCUT2D eigenvalue weighted by atomic mass is 9.96. The number of piperidine rings is 1. The number of hydrogen-bond donors (Lipinski definition) is 0. The zero-order chi connectivity index (χ0) is 14.5. The van der Waals surface area contributed by atoms with Crippen LogP contribution in [-0.4, -0.2) is 38.2 Å². The van der Waals surface area contributed by atoms with Gasteiger partial charge in [0.1, 0.15) is 5.75 Å². The first kappa shape index (κ1) is 15.1. The number of rotatable bonds is 4. The lowest BCUT2D eigenvalue weighted by molar-refractivity contribution is -0.147. The van der Waals surface area contributed by atoms with E-state index in [1.807, 2.05) is 18.2 Å². The van der Waals surface area contributed by atoms with E-state index in [1.54, 1.807) is 7.11 Å². The Hall–Kier alpha value is -1.26. The number of methoxy groups -OCH3 is 2. The topological polar surface area (TPSA) is 38.8 Å². The highest BCUT2D eigenvalue weighted by atomic mass is 35.5. The number of halogens is 1. The van der Waals surface area contributed by atoms with E-state index < -0.39 is 0 Å². The van der Waals surface area contributed by atoms with Crippen molar-refractivity contribution in [1.29, 1.82) is 0 Å². The summed E-state index contributed by atoms with van der Waals surface area (Å²) >= 11 is 6.25. The van der Waals surface area contributed by atoms with Crippen molar-refractivity contribution in [2.24, 2.45) is 5.92 Å². The Bertz CT molecular complexity index is 470. The monoisotopic (exact) mass is 297 g/mol. The summed E-state index contributed by atoms with van der Waals surface area (Å²) in [7, 11) is 3.10. The molecule has 1 saturated heterocycles. The molecule has 2 rings (SSSR count). The normalized spacial score (nSPS) is 16.9. The summed E-state index contributed by atoms with van der Waals surface area (Å²) < 4.78 is 10.2. The predicted molar refractivity (Wildman–Crippen MR) is 78.0 cm³/mol. The number of likely N-dealkylation sites (tertiary alicyclic amines) is 1. The second kappa shape index (κ2) is 6.95. The zero-order valence-corrected chi connectivity index (χ0v) is 12.7. The van der Waals surface area contributed by atoms with Gasteiger partial charge >= 0.3 is 5.97 Å². The van der Waals surface area contributed by atoms with Gasteiger partial charge in [0.25, 0.3) is 0 Å². The first-order valence-electron chi connectivity index (χ1n) is 6.77. The Morgan fingerprint density at radius 3 is 2.65 bits per heavy atom. The van der Waals surface area contributed by atoms with Crippen molar-refractivity contribution < 1.29 is 14.3 Å². The van der Waals surface area contributed by atoms with Crippen LogP contribution in [0.25, 0.3) is 0 Å². The number of ether oxygens (including phenoxy) is 2. The van der Waals surface area contributed by atoms with Crippen molar-refractivity contribution in [2.45, 2.75) is 19.4 Å². The molecule has 0 amide bonds. The van der Waals surface area contributed by atoms with Gasteiger partial charge in [0.2, 0.25) is 0 Å². The van der Waals surface area contributed by atoms with Crippen molar-refractivity contribution in [3.05, 3.63) is 28.8 Å². The fraction of sp³-hybridized carbons (Fsp3) is 0.533. The van der Waals surface area contributed by atoms with E-state index in [0.717, 1.165) is 48.8 Å². The molecule has 110 valence electrons. The molecular formula is C15H20ClNO3. The Labute approximate surface area is 124 Å². The molecule has 0 aliphatic carbocycles. The van der Waals surface area contributed by atoms with Crippen LogP contribution in [0.2, 0.25) is 5.02 Å². The summed E-state index contributed by atoms with van der Waals surface area (Å²) in [5.41, 5.74) is 1.01. The van der Waals surface area contributed by atoms with E-state index in [0.29, 0.717) is 0 Å². The highest BCUT2D eigenvalue weighted by Gasteiger charge is 2.26. The first-order valence-corrected chi connectivity index (χ1v) is 7.15. The van der Waals surface area contributed by atoms with Crippen LogP contribution in [0.5, 0.6) is 5.75 Å². The zero-order valence-electron chi connectivity index (χ0n) is 11.9. The maximum atomic E-state index is 11.5. The molecule has 1 aromatic carbocycles. The molecule has 0 saturated carbocycles. The quantitative estimate of drug-likeness (QED) is 0.801. The van der Waals surface area contributed by atoms with Gasteiger partial charge in [-0.1, -0.05) is 17.7 Å². The fourth-order valence-electron chi connectivity index (χ4n) is 2.60. The highest BCUT2D eigenvalue weighted by molar-refractivity contribution is 6.31. The van der Waals surface area contributed by atoms with Gasteiger partial charge in [0.15, 0.2) is 0 Å². The number of hydrogen-bond acceptors (Lipinski definition) is 4. The Balaban J connectivity index is 1.98. The first-order chi connectivity index (χ1) is 9.65. The summed E-state index contributed by atoms with van der Waals surface area (Å²) in [6, 6.07) is 5.68. The standard InChI is InChI=1S/C15H20ClNO3/c1-19-14-5-3-4-13(16)12(14)10-17-8-6-11(7-9-17)15(18)20-2/h3-5,11H,6-10H2,1-2H3. The van der Waals surface area contributed by atoms with Crippen LogP contribution >= 0.6 is 11.6 Å². The van der Waals surface area contributed by atoms with E-state index in [9.17, 15) is 4.79 Å². The highest BCUT2D eigenvalue weighted by Crippen LogP contribution is 2.29. The van der Waals surface area contributed by atoms with E-state index >= 15 is 0 Å². The third-order valence-electron chi connectivity index (χ3n) is 3.80. The summed E-state index contributed by atoms with van der Waals surface area (Å²) in [6.07, 6.45) is 1.67. The van der Waals surface area contributed by atoms with Crippen molar-refractivity contribution in [1.82, 2.24) is 4.90 Å². The molecule has 1 fully saturated rings. The summed E-state index contributed by atoms with van der Waals surface area (Å²) in [5.74, 6) is 0.747. The Morgan fingerprint density at radius 1 is 1.35 bits per heavy atom. The summed E-state index contributed by atoms with van der Waals surface area (Å²) in [6.45, 7) is 2.49. The van der Waals surface area contributed by atoms with Crippen molar-refractivity contribution >= 4 is 17.6 Å². The second-order valence-corrected chi connectivity index (χ2v) is 5.40. The minimum Gasteiger partial charge on any atom is -0.496 e. The van der Waals surface area contributed by atoms with Crippen LogP contribution in [0, 0.1) is 5.92 Å². The molecule has 0 unspecified atom stereocenters. The number of nitrogens with zero attached hydrogens (tertiary/aromatic N) is 1. The van der Waals surface area contributed by atoms with Gasteiger partial charge in [-0.15, -0.1) is 0 Å². The number of benzene rings is 1. The van der Waals surface area contributed by atoms with Crippen LogP contribution in [0.1, 0.15) is 18.4 Å². The molecule has 4 nitrogen and oxygen atoms in total. The lowest BCUT2D eigenvalue weighted by Crippen LogP contribution is -2.36. The maximum absolute atomic E-state index is 11.5. The molecule has 1 heterocycles. The van der Waals surface area contributed by atoms with Gasteiger partial charge in [0, 0.05) is 17.1 Å². The maximum Gasteiger partial charge on any atom is 0.308 e. The smallest absolute Gasteiger partial charge is 0.308 e. The van der Waals surface area contributed by atoms with Gasteiger partial charge in [-0.3, -0.25) is 9.69 Å². The molecule has 1 aromatic rings. The van der Waals surface area contributed by atoms with Crippen molar-refractivity contribution in [3.8, 4) is 5.75 Å². The second-order valence-electron chi connectivity index (χ2n) is 4.99. The van der Waals surface area contributed by atoms with Gasteiger partial charge in [0.05, 0.1) is 20.1 Å². The lowest BCUT2D eigenvalue weighted by Gasteiger charge is -2.31. The SMILES string of the molecule is COC(=O)C1CCN(Cc2c(Cl)cccc2OC)CC1. The molecular weight excluding hydrogens is 278 g/mol. The van der Waals surface area contributed by atoms with Gasteiger partial charge in [-0.05, 0) is 38.1 Å². The van der Waals surface area contributed by atoms with Crippen LogP contribution in [0.3, 0.4) is 0 Å². The Kier molecular flexibility index (Phi) is 5.26. The van der Waals surface area contributed by atoms with Gasteiger partial charge < -0.3 is 9.47 Å². The third kappa shape index (κ3) is 3.44. The van der Waals surface area contributed by atoms with Crippen LogP contribution in [-0.2, 0) is 16.1 Å². The van der Waals surface area contributed by atoms with E-state index in [-0.39, 0.29) is 11.9 Å². The molecule has 0 bridgehead atoms. The molecule has 1 aliphatic rings. The van der Waals surface area contributed by atoms with Gasteiger partial charge in [-0.25, -0.2) is 0 Å². The largest absolute Gasteiger partial charge is 0.496 e. The summed E-state index contributed by atoms with van der Waals surface area (Å²) in [4.78, 5) is 13.8. The van der Waals surface area contributed by atoms with E-state index in [2.05, 4.69) is 4.90 Å². The summed E-state index contributed by atoms with van der Waals surface area (Å²) in [5, 5.41) is 0.722. The van der Waals surface area contributed by atoms with Crippen LogP contribution < -0.4 is 4.74 Å². The Morgan fingerprint density at radius 2 is 2.05 bits per heavy atom. The minimum absolute atomic E-state index is 0.0318. The number of carbonyl (C=O) groups is 1. The molecule has 0 radical (unpaired) electrons. The third-order valence-corrected chi connectivity index (χ3v) is 4.15. The minimum atomic E-state index is -0.0972. The average molecular weight is 298 g/mol. The molecule has 5 heteroatoms. The fourth-order valence-corrected chi connectivity index (χ4v) is 2.83. The molecule has 0 aromatic heterocycles. The molecule has 20 heavy (non-hydrogen) atoms. The molecule has 0 spiro atoms. The van der Waals surface area contributed by atoms with Crippen molar-refractivity contribution in [2.75, 3.05) is 27.3 Å². The molecule has 0 atom stereocenters. The van der Waals surface area contributed by atoms with Crippen LogP contribution in [0.4, 0.5) is 0 Å².